The Bertz CT molecular complexity index is 941. The molecule has 2 aromatic carbocycles. The van der Waals surface area contributed by atoms with Crippen LogP contribution in [0, 0.1) is 5.82 Å². The SMILES string of the molecule is COc1cccc(CNC(=O)CCc2nc(-c3ccc(F)cc3)no2)c1OC. The fourth-order valence-corrected chi connectivity index (χ4v) is 2.67. The number of nitrogens with one attached hydrogen (secondary N) is 1. The molecule has 0 saturated heterocycles. The summed E-state index contributed by atoms with van der Waals surface area (Å²) in [5.74, 6) is 1.40. The minimum absolute atomic E-state index is 0.161. The molecule has 3 rings (SSSR count). The van der Waals surface area contributed by atoms with Crippen molar-refractivity contribution in [3.8, 4) is 22.9 Å². The van der Waals surface area contributed by atoms with Crippen molar-refractivity contribution < 1.29 is 23.2 Å². The molecule has 0 fully saturated rings. The van der Waals surface area contributed by atoms with E-state index in [4.69, 9.17) is 14.0 Å². The van der Waals surface area contributed by atoms with Gasteiger partial charge >= 0.3 is 0 Å². The molecule has 0 bridgehead atoms. The highest BCUT2D eigenvalue weighted by Gasteiger charge is 2.13. The first-order valence-corrected chi connectivity index (χ1v) is 8.65. The number of carbonyl (C=O) groups excluding carboxylic acids is 1. The second-order valence-corrected chi connectivity index (χ2v) is 5.95. The molecule has 146 valence electrons. The summed E-state index contributed by atoms with van der Waals surface area (Å²) >= 11 is 0. The maximum Gasteiger partial charge on any atom is 0.227 e. The number of ether oxygens (including phenoxy) is 2. The van der Waals surface area contributed by atoms with Gasteiger partial charge in [0.15, 0.2) is 11.5 Å². The van der Waals surface area contributed by atoms with Crippen molar-refractivity contribution in [1.29, 1.82) is 0 Å². The smallest absolute Gasteiger partial charge is 0.227 e. The third kappa shape index (κ3) is 4.64. The molecular weight excluding hydrogens is 365 g/mol. The van der Waals surface area contributed by atoms with Crippen LogP contribution in [0.4, 0.5) is 4.39 Å². The van der Waals surface area contributed by atoms with Crippen LogP contribution >= 0.6 is 0 Å². The number of aromatic nitrogens is 2. The first-order valence-electron chi connectivity index (χ1n) is 8.65. The molecule has 0 unspecified atom stereocenters. The van der Waals surface area contributed by atoms with Crippen molar-refractivity contribution in [1.82, 2.24) is 15.5 Å². The highest BCUT2D eigenvalue weighted by Crippen LogP contribution is 2.30. The second kappa shape index (κ2) is 8.98. The van der Waals surface area contributed by atoms with Crippen molar-refractivity contribution in [3.05, 3.63) is 59.7 Å². The lowest BCUT2D eigenvalue weighted by Crippen LogP contribution is -2.23. The Morgan fingerprint density at radius 2 is 1.93 bits per heavy atom. The highest BCUT2D eigenvalue weighted by atomic mass is 19.1. The van der Waals surface area contributed by atoms with E-state index >= 15 is 0 Å². The van der Waals surface area contributed by atoms with Gasteiger partial charge in [-0.3, -0.25) is 4.79 Å². The normalized spacial score (nSPS) is 10.5. The van der Waals surface area contributed by atoms with E-state index in [0.717, 1.165) is 5.56 Å². The fraction of sp³-hybridized carbons (Fsp3) is 0.250. The molecule has 1 heterocycles. The molecule has 7 nitrogen and oxygen atoms in total. The predicted molar refractivity (Wildman–Crippen MR) is 99.4 cm³/mol. The maximum atomic E-state index is 13.0. The number of aryl methyl sites for hydroxylation is 1. The molecule has 0 saturated carbocycles. The van der Waals surface area contributed by atoms with E-state index in [1.165, 1.54) is 12.1 Å². The van der Waals surface area contributed by atoms with Gasteiger partial charge in [0.2, 0.25) is 17.6 Å². The lowest BCUT2D eigenvalue weighted by Gasteiger charge is -2.13. The number of nitrogens with zero attached hydrogens (tertiary/aromatic N) is 2. The van der Waals surface area contributed by atoms with Gasteiger partial charge in [0.05, 0.1) is 14.2 Å². The van der Waals surface area contributed by atoms with Crippen LogP contribution in [0.15, 0.2) is 47.0 Å². The van der Waals surface area contributed by atoms with E-state index < -0.39 is 0 Å². The lowest BCUT2D eigenvalue weighted by molar-refractivity contribution is -0.121. The van der Waals surface area contributed by atoms with Gasteiger partial charge in [-0.25, -0.2) is 4.39 Å². The summed E-state index contributed by atoms with van der Waals surface area (Å²) in [6.45, 7) is 0.309. The Morgan fingerprint density at radius 1 is 1.14 bits per heavy atom. The third-order valence-corrected chi connectivity index (χ3v) is 4.10. The van der Waals surface area contributed by atoms with Gasteiger partial charge in [-0.1, -0.05) is 17.3 Å². The number of rotatable bonds is 8. The molecule has 0 radical (unpaired) electrons. The molecule has 1 aromatic heterocycles. The van der Waals surface area contributed by atoms with Crippen molar-refractivity contribution in [3.63, 3.8) is 0 Å². The first-order chi connectivity index (χ1) is 13.6. The molecule has 0 aliphatic rings. The summed E-state index contributed by atoms with van der Waals surface area (Å²) in [5.41, 5.74) is 1.46. The van der Waals surface area contributed by atoms with Gasteiger partial charge in [0.25, 0.3) is 0 Å². The van der Waals surface area contributed by atoms with E-state index in [1.807, 2.05) is 12.1 Å². The Kier molecular flexibility index (Phi) is 6.21. The van der Waals surface area contributed by atoms with Crippen LogP contribution in [0.5, 0.6) is 11.5 Å². The van der Waals surface area contributed by atoms with Crippen molar-refractivity contribution >= 4 is 5.91 Å². The molecule has 8 heteroatoms. The van der Waals surface area contributed by atoms with Crippen LogP contribution < -0.4 is 14.8 Å². The molecule has 0 spiro atoms. The monoisotopic (exact) mass is 385 g/mol. The number of benzene rings is 2. The van der Waals surface area contributed by atoms with Crippen LogP contribution in [0.25, 0.3) is 11.4 Å². The third-order valence-electron chi connectivity index (χ3n) is 4.10. The zero-order valence-corrected chi connectivity index (χ0v) is 15.6. The van der Waals surface area contributed by atoms with E-state index in [2.05, 4.69) is 15.5 Å². The summed E-state index contributed by atoms with van der Waals surface area (Å²) in [7, 11) is 3.11. The first kappa shape index (κ1) is 19.3. The molecule has 1 N–H and O–H groups in total. The lowest BCUT2D eigenvalue weighted by atomic mass is 10.1. The highest BCUT2D eigenvalue weighted by molar-refractivity contribution is 5.76. The summed E-state index contributed by atoms with van der Waals surface area (Å²) in [4.78, 5) is 16.4. The number of halogens is 1. The van der Waals surface area contributed by atoms with Crippen molar-refractivity contribution in [2.45, 2.75) is 19.4 Å². The Hall–Kier alpha value is -3.42. The molecule has 3 aromatic rings. The van der Waals surface area contributed by atoms with Crippen LogP contribution in [0.2, 0.25) is 0 Å². The Balaban J connectivity index is 1.53. The predicted octanol–water partition coefficient (Wildman–Crippen LogP) is 3.14. The maximum absolute atomic E-state index is 13.0. The average Bonchev–Trinajstić information content (AvgIpc) is 3.19. The van der Waals surface area contributed by atoms with Gasteiger partial charge in [-0.2, -0.15) is 4.98 Å². The van der Waals surface area contributed by atoms with Gasteiger partial charge in [0.1, 0.15) is 5.82 Å². The van der Waals surface area contributed by atoms with E-state index in [-0.39, 0.29) is 18.1 Å². The topological polar surface area (TPSA) is 86.5 Å². The molecule has 28 heavy (non-hydrogen) atoms. The quantitative estimate of drug-likeness (QED) is 0.641. The standard InChI is InChI=1S/C20H20FN3O4/c1-26-16-5-3-4-14(19(16)27-2)12-22-17(25)10-11-18-23-20(24-28-18)13-6-8-15(21)9-7-13/h3-9H,10-12H2,1-2H3,(H,22,25). The minimum atomic E-state index is -0.336. The van der Waals surface area contributed by atoms with Crippen molar-refractivity contribution in [2.24, 2.45) is 0 Å². The van der Waals surface area contributed by atoms with Crippen molar-refractivity contribution in [2.75, 3.05) is 14.2 Å². The van der Waals surface area contributed by atoms with Gasteiger partial charge in [0, 0.05) is 30.5 Å². The number of amides is 1. The molecule has 1 amide bonds. The summed E-state index contributed by atoms with van der Waals surface area (Å²) < 4.78 is 28.7. The van der Waals surface area contributed by atoms with E-state index in [1.54, 1.807) is 32.4 Å². The minimum Gasteiger partial charge on any atom is -0.493 e. The summed E-state index contributed by atoms with van der Waals surface area (Å²) in [6.07, 6.45) is 0.493. The number of para-hydroxylation sites is 1. The van der Waals surface area contributed by atoms with Gasteiger partial charge in [-0.15, -0.1) is 0 Å². The van der Waals surface area contributed by atoms with E-state index in [0.29, 0.717) is 41.7 Å². The van der Waals surface area contributed by atoms with Gasteiger partial charge in [-0.05, 0) is 30.3 Å². The van der Waals surface area contributed by atoms with Crippen LogP contribution in [0.3, 0.4) is 0 Å². The molecule has 0 aliphatic heterocycles. The Morgan fingerprint density at radius 3 is 2.64 bits per heavy atom. The van der Waals surface area contributed by atoms with Crippen LogP contribution in [-0.4, -0.2) is 30.3 Å². The Labute approximate surface area is 161 Å². The molecular formula is C20H20FN3O4. The molecule has 0 aliphatic carbocycles. The number of carbonyl (C=O) groups is 1. The number of methoxy groups -OCH3 is 2. The fourth-order valence-electron chi connectivity index (χ4n) is 2.67. The zero-order valence-electron chi connectivity index (χ0n) is 15.6. The van der Waals surface area contributed by atoms with Crippen LogP contribution in [-0.2, 0) is 17.8 Å². The second-order valence-electron chi connectivity index (χ2n) is 5.95. The summed E-state index contributed by atoms with van der Waals surface area (Å²) in [6, 6.07) is 11.3. The number of hydrogen-bond donors (Lipinski definition) is 1. The summed E-state index contributed by atoms with van der Waals surface area (Å²) in [5, 5.41) is 6.69. The average molecular weight is 385 g/mol. The molecule has 0 atom stereocenters. The number of hydrogen-bond acceptors (Lipinski definition) is 6. The zero-order chi connectivity index (χ0) is 19.9. The van der Waals surface area contributed by atoms with E-state index in [9.17, 15) is 9.18 Å². The van der Waals surface area contributed by atoms with Gasteiger partial charge < -0.3 is 19.3 Å². The van der Waals surface area contributed by atoms with Crippen LogP contribution in [0.1, 0.15) is 17.9 Å². The largest absolute Gasteiger partial charge is 0.493 e.